The van der Waals surface area contributed by atoms with Crippen LogP contribution in [0.2, 0.25) is 0 Å². The minimum Gasteiger partial charge on any atom is -0.489 e. The van der Waals surface area contributed by atoms with Crippen LogP contribution < -0.4 is 16.0 Å². The number of amides is 3. The summed E-state index contributed by atoms with van der Waals surface area (Å²) in [5.74, 6) is -0.130. The van der Waals surface area contributed by atoms with Crippen molar-refractivity contribution in [1.29, 1.82) is 0 Å². The molecular formula is C32H41LrN9O3-2. The van der Waals surface area contributed by atoms with Crippen LogP contribution in [0.25, 0.3) is 0 Å². The molecule has 249 valence electrons. The minimum absolute atomic E-state index is 0. The third kappa shape index (κ3) is 8.73. The molecule has 1 atom stereocenters. The number of aryl methyl sites for hydroxylation is 2. The number of pyridine rings is 2. The van der Waals surface area contributed by atoms with E-state index in [1.165, 1.54) is 24.5 Å². The molecule has 13 heteroatoms. The number of aromatic nitrogens is 4. The average molecular weight is 862 g/mol. The second-order valence-electron chi connectivity index (χ2n) is 10.8. The molecule has 1 radical (unpaired) electrons. The summed E-state index contributed by atoms with van der Waals surface area (Å²) in [7, 11) is 5.96. The number of anilines is 2. The number of carbonyl (C=O) groups is 3. The van der Waals surface area contributed by atoms with Gasteiger partial charge in [-0.05, 0) is 75.0 Å². The summed E-state index contributed by atoms with van der Waals surface area (Å²) in [6.45, 7) is 12.4. The zero-order chi connectivity index (χ0) is 31.8. The van der Waals surface area contributed by atoms with Crippen molar-refractivity contribution in [1.82, 2.24) is 34.9 Å². The van der Waals surface area contributed by atoms with E-state index in [-0.39, 0.29) is 17.3 Å². The quantitative estimate of drug-likeness (QED) is 0.155. The molecule has 1 aliphatic rings. The Morgan fingerprint density at radius 2 is 1.96 bits per heavy atom. The van der Waals surface area contributed by atoms with Crippen LogP contribution in [-0.2, 0) is 11.8 Å². The summed E-state index contributed by atoms with van der Waals surface area (Å²) in [6, 6.07) is 7.12. The van der Waals surface area contributed by atoms with Crippen molar-refractivity contribution in [3.8, 4) is 0 Å². The first-order valence-corrected chi connectivity index (χ1v) is 14.7. The van der Waals surface area contributed by atoms with E-state index >= 15 is 0 Å². The number of carbonyl (C=O) groups excluding carboxylic acids is 3. The van der Waals surface area contributed by atoms with Crippen LogP contribution >= 0.6 is 0 Å². The van der Waals surface area contributed by atoms with Gasteiger partial charge in [0.05, 0.1) is 17.4 Å². The number of rotatable bonds is 15. The molecule has 0 spiro atoms. The van der Waals surface area contributed by atoms with Gasteiger partial charge in [0.25, 0.3) is 11.8 Å². The van der Waals surface area contributed by atoms with E-state index in [9.17, 15) is 14.4 Å². The summed E-state index contributed by atoms with van der Waals surface area (Å²) < 4.78 is 1.58. The maximum Gasteiger partial charge on any atom is 0.275 e. The Balaban J connectivity index is 0.00000552. The Bertz CT molecular complexity index is 1490. The van der Waals surface area contributed by atoms with E-state index in [0.29, 0.717) is 49.2 Å². The summed E-state index contributed by atoms with van der Waals surface area (Å²) >= 11 is 0. The smallest absolute Gasteiger partial charge is 0.275 e. The largest absolute Gasteiger partial charge is 0.489 e. The first-order chi connectivity index (χ1) is 21.1. The van der Waals surface area contributed by atoms with Crippen molar-refractivity contribution in [3.63, 3.8) is 0 Å². The van der Waals surface area contributed by atoms with E-state index in [4.69, 9.17) is 4.98 Å². The molecule has 3 aromatic rings. The zero-order valence-corrected chi connectivity index (χ0v) is 28.2. The number of hydrogen-bond donors (Lipinski definition) is 3. The minimum atomic E-state index is -0.470. The SMILES string of the molecule is C=CC(=O)N([CH-]C)CCN([CH2-])CC(Nc1cc(C)c(C(=O)Nc2ccn(C)n2)nc1C(=O)NCC)c1ccc(C2CC2)cn1.[Lr]. The maximum atomic E-state index is 13.2. The van der Waals surface area contributed by atoms with Gasteiger partial charge in [0.15, 0.2) is 11.5 Å². The molecule has 0 bridgehead atoms. The molecule has 0 aromatic carbocycles. The Morgan fingerprint density at radius 1 is 1.20 bits per heavy atom. The van der Waals surface area contributed by atoms with Gasteiger partial charge in [0.2, 0.25) is 5.91 Å². The summed E-state index contributed by atoms with van der Waals surface area (Å²) in [6.07, 6.45) is 7.25. The van der Waals surface area contributed by atoms with Gasteiger partial charge in [-0.2, -0.15) is 12.0 Å². The predicted molar refractivity (Wildman–Crippen MR) is 170 cm³/mol. The van der Waals surface area contributed by atoms with Crippen molar-refractivity contribution < 1.29 is 14.4 Å². The molecule has 1 unspecified atom stereocenters. The van der Waals surface area contributed by atoms with Gasteiger partial charge in [-0.3, -0.25) is 31.1 Å². The van der Waals surface area contributed by atoms with Crippen LogP contribution in [-0.4, -0.2) is 73.4 Å². The van der Waals surface area contributed by atoms with Crippen LogP contribution in [0.4, 0.5) is 11.5 Å². The predicted octanol–water partition coefficient (Wildman–Crippen LogP) is 3.84. The Labute approximate surface area is 258 Å². The molecular weight excluding hydrogens is 820 g/mol. The molecule has 45 heavy (non-hydrogen) atoms. The summed E-state index contributed by atoms with van der Waals surface area (Å²) in [4.78, 5) is 51.3. The number of hydrogen-bond acceptors (Lipinski definition) is 8. The fourth-order valence-corrected chi connectivity index (χ4v) is 4.79. The first-order valence-electron chi connectivity index (χ1n) is 14.7. The molecule has 0 aliphatic heterocycles. The Hall–Kier alpha value is -5.58. The van der Waals surface area contributed by atoms with E-state index in [0.717, 1.165) is 5.69 Å². The Morgan fingerprint density at radius 3 is 2.53 bits per heavy atom. The average Bonchev–Trinajstić information content (AvgIpc) is 3.78. The van der Waals surface area contributed by atoms with Crippen LogP contribution in [0.5, 0.6) is 0 Å². The molecule has 0 saturated heterocycles. The molecule has 3 heterocycles. The zero-order valence-electron chi connectivity index (χ0n) is 26.1. The maximum absolute atomic E-state index is 13.2. The number of nitrogens with one attached hydrogen (secondary N) is 3. The van der Waals surface area contributed by atoms with Gasteiger partial charge in [0.1, 0.15) is 5.69 Å². The molecule has 12 nitrogen and oxygen atoms in total. The van der Waals surface area contributed by atoms with Crippen LogP contribution in [0.1, 0.15) is 76.4 Å². The van der Waals surface area contributed by atoms with Crippen molar-refractivity contribution in [2.45, 2.75) is 45.6 Å². The molecule has 4 rings (SSSR count). The van der Waals surface area contributed by atoms with Crippen LogP contribution in [0, 0.1) is 20.5 Å². The third-order valence-electron chi connectivity index (χ3n) is 7.35. The van der Waals surface area contributed by atoms with Crippen molar-refractivity contribution in [2.75, 3.05) is 36.8 Å². The van der Waals surface area contributed by atoms with Crippen molar-refractivity contribution >= 4 is 29.2 Å². The van der Waals surface area contributed by atoms with Crippen molar-refractivity contribution in [3.05, 3.63) is 91.1 Å². The third-order valence-corrected chi connectivity index (χ3v) is 7.35. The standard InChI is InChI=1S/C32H41N9O3.Lr/c1-7-28(42)41(9-3)17-16-39(5)20-26(24-13-12-23(19-34-24)22-10-11-22)35-25-18-21(4)29(37-30(25)31(43)33-8-2)32(44)36-27-14-15-40(6)38-27;/h7,9,12-15,18-19,22,26,35H,1,5,8,10-11,16-17,20H2,2-4,6H3,(H,33,43)(H,36,38,44);/q-2;. The fraction of sp³-hybridized carbons (Fsp3) is 0.375. The molecule has 3 aromatic heterocycles. The molecule has 1 saturated carbocycles. The summed E-state index contributed by atoms with van der Waals surface area (Å²) in [5.41, 5.74) is 3.21. The normalized spacial score (nSPS) is 13.0. The topological polar surface area (TPSA) is 137 Å². The van der Waals surface area contributed by atoms with Gasteiger partial charge in [-0.15, -0.1) is 0 Å². The molecule has 1 fully saturated rings. The van der Waals surface area contributed by atoms with Gasteiger partial charge < -0.3 is 25.8 Å². The second kappa shape index (κ2) is 15.2. The van der Waals surface area contributed by atoms with Crippen LogP contribution in [0.3, 0.4) is 0 Å². The van der Waals surface area contributed by atoms with Gasteiger partial charge in [-0.25, -0.2) is 11.5 Å². The first kappa shape index (κ1) is 33.9. The van der Waals surface area contributed by atoms with Gasteiger partial charge >= 0.3 is 0 Å². The van der Waals surface area contributed by atoms with Crippen LogP contribution in [0.15, 0.2) is 49.3 Å². The van der Waals surface area contributed by atoms with Crippen molar-refractivity contribution in [2.24, 2.45) is 7.05 Å². The van der Waals surface area contributed by atoms with E-state index < -0.39 is 17.9 Å². The second-order valence-corrected chi connectivity index (χ2v) is 10.8. The molecule has 1 aliphatic carbocycles. The fourth-order valence-electron chi connectivity index (χ4n) is 4.79. The van der Waals surface area contributed by atoms with Gasteiger partial charge in [-0.1, -0.05) is 12.6 Å². The monoisotopic (exact) mass is 861 g/mol. The van der Waals surface area contributed by atoms with Gasteiger partial charge in [0, 0.05) is 38.6 Å². The summed E-state index contributed by atoms with van der Waals surface area (Å²) in [5, 5.41) is 13.2. The Kier molecular flexibility index (Phi) is 11.5. The van der Waals surface area contributed by atoms with E-state index in [1.807, 2.05) is 24.1 Å². The van der Waals surface area contributed by atoms with E-state index in [1.54, 1.807) is 55.4 Å². The van der Waals surface area contributed by atoms with E-state index in [2.05, 4.69) is 45.7 Å². The molecule has 3 amide bonds. The molecule has 3 N–H and O–H groups in total. The number of nitrogens with zero attached hydrogens (tertiary/aromatic N) is 6.